The number of benzene rings is 6. The van der Waals surface area contributed by atoms with E-state index in [1.54, 1.807) is 0 Å². The lowest BCUT2D eigenvalue weighted by atomic mass is 9.67. The van der Waals surface area contributed by atoms with E-state index in [9.17, 15) is 0 Å². The Hall–Kier alpha value is -5.51. The molecular formula is C42H26N2S. The summed E-state index contributed by atoms with van der Waals surface area (Å²) in [6.45, 7) is 0. The Kier molecular flexibility index (Phi) is 5.11. The fourth-order valence-electron chi connectivity index (χ4n) is 7.97. The molecule has 3 heterocycles. The molecule has 9 aromatic rings. The molecule has 0 amide bonds. The third-order valence-corrected chi connectivity index (χ3v) is 10.9. The van der Waals surface area contributed by atoms with Gasteiger partial charge >= 0.3 is 0 Å². The lowest BCUT2D eigenvalue weighted by molar-refractivity contribution is 0.767. The van der Waals surface area contributed by atoms with Crippen molar-refractivity contribution in [3.63, 3.8) is 0 Å². The van der Waals surface area contributed by atoms with Crippen LogP contribution in [0, 0.1) is 0 Å². The molecule has 3 aromatic heterocycles. The summed E-state index contributed by atoms with van der Waals surface area (Å²) in [6.07, 6.45) is 1.91. The molecule has 0 spiro atoms. The van der Waals surface area contributed by atoms with Crippen molar-refractivity contribution in [1.29, 1.82) is 0 Å². The summed E-state index contributed by atoms with van der Waals surface area (Å²) in [7, 11) is 0. The predicted molar refractivity (Wildman–Crippen MR) is 189 cm³/mol. The maximum Gasteiger partial charge on any atom is 0.0963 e. The fourth-order valence-corrected chi connectivity index (χ4v) is 9.08. The van der Waals surface area contributed by atoms with Crippen LogP contribution >= 0.6 is 11.3 Å². The van der Waals surface area contributed by atoms with Crippen molar-refractivity contribution in [2.45, 2.75) is 5.41 Å². The van der Waals surface area contributed by atoms with Gasteiger partial charge in [0.25, 0.3) is 0 Å². The van der Waals surface area contributed by atoms with Gasteiger partial charge in [0.15, 0.2) is 0 Å². The average molecular weight is 591 g/mol. The van der Waals surface area contributed by atoms with Crippen LogP contribution in [0.25, 0.3) is 58.9 Å². The smallest absolute Gasteiger partial charge is 0.0963 e. The zero-order chi connectivity index (χ0) is 29.5. The van der Waals surface area contributed by atoms with Crippen LogP contribution < -0.4 is 0 Å². The summed E-state index contributed by atoms with van der Waals surface area (Å²) < 4.78 is 5.06. The number of rotatable bonds is 3. The molecule has 0 atom stereocenters. The molecule has 210 valence electrons. The van der Waals surface area contributed by atoms with Gasteiger partial charge in [-0.05, 0) is 75.8 Å². The minimum absolute atomic E-state index is 0.453. The van der Waals surface area contributed by atoms with Gasteiger partial charge in [-0.1, -0.05) is 109 Å². The first-order chi connectivity index (χ1) is 22.3. The molecule has 0 N–H and O–H groups in total. The maximum absolute atomic E-state index is 4.94. The second kappa shape index (κ2) is 9.25. The first kappa shape index (κ1) is 24.9. The van der Waals surface area contributed by atoms with Crippen LogP contribution in [0.15, 0.2) is 158 Å². The van der Waals surface area contributed by atoms with Gasteiger partial charge in [0, 0.05) is 37.4 Å². The van der Waals surface area contributed by atoms with Gasteiger partial charge in [-0.15, -0.1) is 11.3 Å². The summed E-state index contributed by atoms with van der Waals surface area (Å²) >= 11 is 1.86. The predicted octanol–water partition coefficient (Wildman–Crippen LogP) is 10.9. The standard InChI is InChI=1S/C42H26N2S/c1-3-12-27(13-4-1)42(28-14-5-2-6-15-28)34-18-9-7-16-30(34)31-22-21-29(26-35(31)42)44-36-19-11-25-43-40(36)33-23-24-38-39(41(33)44)32-17-8-10-20-37(32)45-38/h1-26H. The molecule has 0 bridgehead atoms. The molecule has 2 nitrogen and oxygen atoms in total. The van der Waals surface area contributed by atoms with Gasteiger partial charge < -0.3 is 4.57 Å². The van der Waals surface area contributed by atoms with Crippen molar-refractivity contribution in [2.75, 3.05) is 0 Å². The van der Waals surface area contributed by atoms with E-state index in [2.05, 4.69) is 156 Å². The van der Waals surface area contributed by atoms with Crippen LogP contribution in [0.5, 0.6) is 0 Å². The second-order valence-corrected chi connectivity index (χ2v) is 13.0. The second-order valence-electron chi connectivity index (χ2n) is 11.9. The third kappa shape index (κ3) is 3.25. The van der Waals surface area contributed by atoms with Crippen molar-refractivity contribution in [2.24, 2.45) is 0 Å². The summed E-state index contributed by atoms with van der Waals surface area (Å²) in [6, 6.07) is 55.7. The molecular weight excluding hydrogens is 565 g/mol. The molecule has 45 heavy (non-hydrogen) atoms. The number of nitrogens with zero attached hydrogens (tertiary/aromatic N) is 2. The highest BCUT2D eigenvalue weighted by molar-refractivity contribution is 7.26. The van der Waals surface area contributed by atoms with Gasteiger partial charge in [-0.25, -0.2) is 0 Å². The third-order valence-electron chi connectivity index (χ3n) is 9.72. The Bertz CT molecular complexity index is 2550. The number of fused-ring (bicyclic) bond motifs is 10. The molecule has 0 saturated heterocycles. The highest BCUT2D eigenvalue weighted by Gasteiger charge is 2.46. The minimum Gasteiger partial charge on any atom is -0.307 e. The largest absolute Gasteiger partial charge is 0.307 e. The van der Waals surface area contributed by atoms with Gasteiger partial charge in [-0.3, -0.25) is 4.98 Å². The lowest BCUT2D eigenvalue weighted by Crippen LogP contribution is -2.28. The summed E-state index contributed by atoms with van der Waals surface area (Å²) in [5, 5.41) is 3.78. The molecule has 1 aliphatic rings. The number of hydrogen-bond acceptors (Lipinski definition) is 2. The summed E-state index contributed by atoms with van der Waals surface area (Å²) in [4.78, 5) is 4.94. The molecule has 3 heteroatoms. The molecule has 1 aliphatic carbocycles. The van der Waals surface area contributed by atoms with Crippen molar-refractivity contribution in [3.05, 3.63) is 180 Å². The van der Waals surface area contributed by atoms with Gasteiger partial charge in [-0.2, -0.15) is 0 Å². The minimum atomic E-state index is -0.453. The quantitative estimate of drug-likeness (QED) is 0.200. The summed E-state index contributed by atoms with van der Waals surface area (Å²) in [5.41, 5.74) is 11.8. The Labute approximate surface area is 264 Å². The van der Waals surface area contributed by atoms with Crippen molar-refractivity contribution in [3.8, 4) is 16.8 Å². The van der Waals surface area contributed by atoms with Crippen LogP contribution in [-0.4, -0.2) is 9.55 Å². The van der Waals surface area contributed by atoms with E-state index in [0.29, 0.717) is 0 Å². The number of hydrogen-bond donors (Lipinski definition) is 0. The van der Waals surface area contributed by atoms with Crippen LogP contribution in [0.4, 0.5) is 0 Å². The Morgan fingerprint density at radius 2 is 1.24 bits per heavy atom. The zero-order valence-corrected chi connectivity index (χ0v) is 25.1. The van der Waals surface area contributed by atoms with Crippen LogP contribution in [0.3, 0.4) is 0 Å². The SMILES string of the molecule is c1ccc(C2(c3ccccc3)c3ccccc3-c3ccc(-n4c5cccnc5c5ccc6sc7ccccc7c6c54)cc32)cc1. The van der Waals surface area contributed by atoms with Crippen LogP contribution in [-0.2, 0) is 5.41 Å². The Morgan fingerprint density at radius 1 is 0.533 bits per heavy atom. The van der Waals surface area contributed by atoms with Crippen molar-refractivity contribution in [1.82, 2.24) is 9.55 Å². The van der Waals surface area contributed by atoms with E-state index in [4.69, 9.17) is 4.98 Å². The fraction of sp³-hybridized carbons (Fsp3) is 0.0238. The van der Waals surface area contributed by atoms with E-state index in [1.165, 1.54) is 64.5 Å². The maximum atomic E-state index is 4.94. The van der Waals surface area contributed by atoms with Crippen LogP contribution in [0.2, 0.25) is 0 Å². The molecule has 0 radical (unpaired) electrons. The average Bonchev–Trinajstić information content (AvgIpc) is 3.75. The topological polar surface area (TPSA) is 17.8 Å². The first-order valence-corrected chi connectivity index (χ1v) is 16.2. The number of aromatic nitrogens is 2. The monoisotopic (exact) mass is 590 g/mol. The van der Waals surface area contributed by atoms with E-state index in [0.717, 1.165) is 16.7 Å². The van der Waals surface area contributed by atoms with Crippen LogP contribution in [0.1, 0.15) is 22.3 Å². The zero-order valence-electron chi connectivity index (χ0n) is 24.3. The van der Waals surface area contributed by atoms with Gasteiger partial charge in [0.2, 0.25) is 0 Å². The van der Waals surface area contributed by atoms with Crippen molar-refractivity contribution < 1.29 is 0 Å². The Balaban J connectivity index is 1.37. The molecule has 0 aliphatic heterocycles. The highest BCUT2D eigenvalue weighted by atomic mass is 32.1. The highest BCUT2D eigenvalue weighted by Crippen LogP contribution is 2.56. The van der Waals surface area contributed by atoms with E-state index >= 15 is 0 Å². The lowest BCUT2D eigenvalue weighted by Gasteiger charge is -2.34. The van der Waals surface area contributed by atoms with Gasteiger partial charge in [0.05, 0.1) is 22.0 Å². The van der Waals surface area contributed by atoms with E-state index < -0.39 is 5.41 Å². The molecule has 0 fully saturated rings. The summed E-state index contributed by atoms with van der Waals surface area (Å²) in [5.74, 6) is 0. The number of pyridine rings is 1. The molecule has 0 saturated carbocycles. The first-order valence-electron chi connectivity index (χ1n) is 15.4. The van der Waals surface area contributed by atoms with E-state index in [-0.39, 0.29) is 0 Å². The van der Waals surface area contributed by atoms with Crippen molar-refractivity contribution >= 4 is 53.4 Å². The van der Waals surface area contributed by atoms with Gasteiger partial charge in [0.1, 0.15) is 0 Å². The molecule has 6 aromatic carbocycles. The molecule has 10 rings (SSSR count). The Morgan fingerprint density at radius 3 is 2.07 bits per heavy atom. The normalized spacial score (nSPS) is 13.5. The van der Waals surface area contributed by atoms with E-state index in [1.807, 2.05) is 17.5 Å². The molecule has 0 unspecified atom stereocenters. The number of thiophene rings is 1.